The molecule has 0 aliphatic carbocycles. The van der Waals surface area contributed by atoms with E-state index in [4.69, 9.17) is 0 Å². The van der Waals surface area contributed by atoms with E-state index < -0.39 is 0 Å². The van der Waals surface area contributed by atoms with Crippen molar-refractivity contribution in [3.8, 4) is 0 Å². The number of thiophene rings is 1. The minimum Gasteiger partial charge on any atom is -0.343 e. The number of benzene rings is 1. The average molecular weight is 369 g/mol. The minimum atomic E-state index is -0.377. The lowest BCUT2D eigenvalue weighted by molar-refractivity contribution is -0.132. The van der Waals surface area contributed by atoms with E-state index in [0.717, 1.165) is 21.8 Å². The standard InChI is InChI=1S/C19H19N3O3S/c23-16(12-22-18(24)14-8-4-10-21(14)19(22)25)20-17(15-9-5-11-26-15)13-6-2-1-3-7-13/h1-3,5-7,9,11,14,17H,4,8,10,12H2,(H,20,23)/t14-,17+/m1/s1. The lowest BCUT2D eigenvalue weighted by atomic mass is 10.1. The van der Waals surface area contributed by atoms with Crippen LogP contribution in [-0.2, 0) is 9.59 Å². The minimum absolute atomic E-state index is 0.237. The van der Waals surface area contributed by atoms with Crippen LogP contribution in [0.5, 0.6) is 0 Å². The van der Waals surface area contributed by atoms with Crippen molar-refractivity contribution >= 4 is 29.2 Å². The Labute approximate surface area is 155 Å². The van der Waals surface area contributed by atoms with Gasteiger partial charge in [-0.3, -0.25) is 14.5 Å². The molecule has 1 aromatic heterocycles. The number of carbonyl (C=O) groups excluding carboxylic acids is 3. The zero-order valence-electron chi connectivity index (χ0n) is 14.1. The molecule has 2 fully saturated rings. The summed E-state index contributed by atoms with van der Waals surface area (Å²) in [6, 6.07) is 12.5. The highest BCUT2D eigenvalue weighted by atomic mass is 32.1. The summed E-state index contributed by atoms with van der Waals surface area (Å²) in [5.74, 6) is -0.592. The Morgan fingerprint density at radius 3 is 2.69 bits per heavy atom. The summed E-state index contributed by atoms with van der Waals surface area (Å²) in [6.07, 6.45) is 1.53. The predicted molar refractivity (Wildman–Crippen MR) is 97.6 cm³/mol. The molecule has 26 heavy (non-hydrogen) atoms. The molecule has 2 saturated heterocycles. The van der Waals surface area contributed by atoms with E-state index in [-0.39, 0.29) is 36.5 Å². The van der Waals surface area contributed by atoms with Crippen molar-refractivity contribution in [1.82, 2.24) is 15.1 Å². The molecule has 2 aliphatic rings. The molecule has 0 unspecified atom stereocenters. The number of hydrogen-bond donors (Lipinski definition) is 1. The number of urea groups is 1. The quantitative estimate of drug-likeness (QED) is 0.823. The second-order valence-corrected chi connectivity index (χ2v) is 7.46. The summed E-state index contributed by atoms with van der Waals surface area (Å²) in [5, 5.41) is 4.93. The summed E-state index contributed by atoms with van der Waals surface area (Å²) in [7, 11) is 0. The summed E-state index contributed by atoms with van der Waals surface area (Å²) in [4.78, 5) is 41.0. The Balaban J connectivity index is 1.49. The number of nitrogens with one attached hydrogen (secondary N) is 1. The van der Waals surface area contributed by atoms with E-state index >= 15 is 0 Å². The van der Waals surface area contributed by atoms with Crippen LogP contribution in [0.25, 0.3) is 0 Å². The highest BCUT2D eigenvalue weighted by Gasteiger charge is 2.47. The molecule has 1 aromatic carbocycles. The van der Waals surface area contributed by atoms with Crippen molar-refractivity contribution < 1.29 is 14.4 Å². The van der Waals surface area contributed by atoms with Crippen LogP contribution in [0.1, 0.15) is 29.3 Å². The first-order valence-electron chi connectivity index (χ1n) is 8.65. The lowest BCUT2D eigenvalue weighted by Gasteiger charge is -2.20. The van der Waals surface area contributed by atoms with E-state index in [9.17, 15) is 14.4 Å². The van der Waals surface area contributed by atoms with E-state index in [1.165, 1.54) is 0 Å². The van der Waals surface area contributed by atoms with Gasteiger partial charge in [0.15, 0.2) is 0 Å². The molecule has 0 radical (unpaired) electrons. The highest BCUT2D eigenvalue weighted by molar-refractivity contribution is 7.10. The van der Waals surface area contributed by atoms with Crippen molar-refractivity contribution in [2.75, 3.05) is 13.1 Å². The van der Waals surface area contributed by atoms with Crippen LogP contribution < -0.4 is 5.32 Å². The molecule has 4 rings (SSSR count). The third-order valence-corrected chi connectivity index (χ3v) is 5.79. The van der Waals surface area contributed by atoms with Gasteiger partial charge in [0.1, 0.15) is 12.6 Å². The van der Waals surface area contributed by atoms with Crippen LogP contribution in [0.3, 0.4) is 0 Å². The first-order valence-corrected chi connectivity index (χ1v) is 9.53. The molecule has 134 valence electrons. The lowest BCUT2D eigenvalue weighted by Crippen LogP contribution is -2.42. The molecular formula is C19H19N3O3S. The monoisotopic (exact) mass is 369 g/mol. The van der Waals surface area contributed by atoms with E-state index in [2.05, 4.69) is 5.32 Å². The predicted octanol–water partition coefficient (Wildman–Crippen LogP) is 2.38. The molecule has 6 nitrogen and oxygen atoms in total. The molecule has 0 bridgehead atoms. The molecule has 1 N–H and O–H groups in total. The number of fused-ring (bicyclic) bond motifs is 1. The van der Waals surface area contributed by atoms with Gasteiger partial charge in [-0.2, -0.15) is 0 Å². The molecule has 2 aromatic rings. The molecule has 2 aliphatic heterocycles. The second-order valence-electron chi connectivity index (χ2n) is 6.49. The zero-order valence-corrected chi connectivity index (χ0v) is 14.9. The third kappa shape index (κ3) is 2.99. The smallest absolute Gasteiger partial charge is 0.327 e. The van der Waals surface area contributed by atoms with Gasteiger partial charge in [0.25, 0.3) is 5.91 Å². The normalized spacial score (nSPS) is 20.4. The second kappa shape index (κ2) is 6.92. The van der Waals surface area contributed by atoms with Crippen LogP contribution in [0, 0.1) is 0 Å². The van der Waals surface area contributed by atoms with E-state index in [1.54, 1.807) is 16.2 Å². The van der Waals surface area contributed by atoms with Gasteiger partial charge in [-0.1, -0.05) is 36.4 Å². The molecular weight excluding hydrogens is 350 g/mol. The van der Waals surface area contributed by atoms with Gasteiger partial charge in [-0.05, 0) is 29.9 Å². The fraction of sp³-hybridized carbons (Fsp3) is 0.316. The largest absolute Gasteiger partial charge is 0.343 e. The van der Waals surface area contributed by atoms with E-state index in [1.807, 2.05) is 47.8 Å². The zero-order chi connectivity index (χ0) is 18.1. The third-order valence-electron chi connectivity index (χ3n) is 4.85. The fourth-order valence-electron chi connectivity index (χ4n) is 3.60. The number of nitrogens with zero attached hydrogens (tertiary/aromatic N) is 2. The maximum absolute atomic E-state index is 12.6. The topological polar surface area (TPSA) is 69.7 Å². The number of rotatable bonds is 5. The summed E-state index contributed by atoms with van der Waals surface area (Å²) in [5.41, 5.74) is 0.961. The van der Waals surface area contributed by atoms with Gasteiger partial charge in [0.05, 0.1) is 6.04 Å². The molecule has 2 atom stereocenters. The van der Waals surface area contributed by atoms with Gasteiger partial charge < -0.3 is 10.2 Å². The Kier molecular flexibility index (Phi) is 4.46. The van der Waals surface area contributed by atoms with Crippen LogP contribution in [0.15, 0.2) is 47.8 Å². The molecule has 0 saturated carbocycles. The van der Waals surface area contributed by atoms with Crippen molar-refractivity contribution in [3.63, 3.8) is 0 Å². The van der Waals surface area contributed by atoms with Crippen LogP contribution >= 0.6 is 11.3 Å². The number of imide groups is 1. The Hall–Kier alpha value is -2.67. The number of amides is 4. The van der Waals surface area contributed by atoms with Crippen molar-refractivity contribution in [2.24, 2.45) is 0 Å². The maximum atomic E-state index is 12.6. The molecule has 4 amide bonds. The van der Waals surface area contributed by atoms with Crippen molar-refractivity contribution in [2.45, 2.75) is 24.9 Å². The van der Waals surface area contributed by atoms with Gasteiger partial charge in [-0.25, -0.2) is 4.79 Å². The van der Waals surface area contributed by atoms with E-state index in [0.29, 0.717) is 13.0 Å². The van der Waals surface area contributed by atoms with Gasteiger partial charge in [-0.15, -0.1) is 11.3 Å². The molecule has 3 heterocycles. The van der Waals surface area contributed by atoms with Crippen LogP contribution in [0.4, 0.5) is 4.79 Å². The Morgan fingerprint density at radius 2 is 2.00 bits per heavy atom. The van der Waals surface area contributed by atoms with Crippen molar-refractivity contribution in [1.29, 1.82) is 0 Å². The first-order chi connectivity index (χ1) is 12.6. The first kappa shape index (κ1) is 16.8. The molecule has 0 spiro atoms. The van der Waals surface area contributed by atoms with Gasteiger partial charge >= 0.3 is 6.03 Å². The van der Waals surface area contributed by atoms with Gasteiger partial charge in [0.2, 0.25) is 5.91 Å². The Bertz CT molecular complexity index is 800. The van der Waals surface area contributed by atoms with Crippen LogP contribution in [0.2, 0.25) is 0 Å². The Morgan fingerprint density at radius 1 is 1.19 bits per heavy atom. The maximum Gasteiger partial charge on any atom is 0.327 e. The summed E-state index contributed by atoms with van der Waals surface area (Å²) >= 11 is 1.55. The fourth-order valence-corrected chi connectivity index (χ4v) is 4.40. The number of carbonyl (C=O) groups is 3. The summed E-state index contributed by atoms with van der Waals surface area (Å²) in [6.45, 7) is 0.356. The van der Waals surface area contributed by atoms with Crippen molar-refractivity contribution in [3.05, 3.63) is 58.3 Å². The average Bonchev–Trinajstić information content (AvgIpc) is 3.38. The summed E-state index contributed by atoms with van der Waals surface area (Å²) < 4.78 is 0. The SMILES string of the molecule is O=C(CN1C(=O)[C@H]2CCCN2C1=O)N[C@@H](c1ccccc1)c1cccs1. The molecule has 7 heteroatoms. The highest BCUT2D eigenvalue weighted by Crippen LogP contribution is 2.28. The number of hydrogen-bond acceptors (Lipinski definition) is 4. The van der Waals surface area contributed by atoms with Crippen LogP contribution in [-0.4, -0.2) is 46.8 Å². The van der Waals surface area contributed by atoms with Gasteiger partial charge in [0, 0.05) is 11.4 Å².